The van der Waals surface area contributed by atoms with Gasteiger partial charge >= 0.3 is 6.18 Å². The van der Waals surface area contributed by atoms with Crippen molar-refractivity contribution in [2.45, 2.75) is 17.1 Å². The van der Waals surface area contributed by atoms with Gasteiger partial charge in [0.2, 0.25) is 5.91 Å². The number of benzene rings is 2. The van der Waals surface area contributed by atoms with Crippen LogP contribution in [0.15, 0.2) is 59.8 Å². The molecule has 1 amide bonds. The normalized spacial score (nSPS) is 12.3. The quantitative estimate of drug-likeness (QED) is 0.292. The van der Waals surface area contributed by atoms with Crippen molar-refractivity contribution >= 4 is 23.4 Å². The van der Waals surface area contributed by atoms with Gasteiger partial charge in [-0.2, -0.15) is 13.2 Å². The summed E-state index contributed by atoms with van der Waals surface area (Å²) in [5.74, 6) is 0.467. The molecule has 0 spiro atoms. The number of aromatic nitrogens is 2. The van der Waals surface area contributed by atoms with Crippen LogP contribution in [0.5, 0.6) is 5.75 Å². The predicted octanol–water partition coefficient (Wildman–Crippen LogP) is 4.35. The van der Waals surface area contributed by atoms with Gasteiger partial charge in [-0.1, -0.05) is 12.1 Å². The smallest absolute Gasteiger partial charge is 0.416 e. The fourth-order valence-corrected chi connectivity index (χ4v) is 3.87. The van der Waals surface area contributed by atoms with Crippen LogP contribution in [0.1, 0.15) is 23.0 Å². The maximum Gasteiger partial charge on any atom is 0.416 e. The molecule has 33 heavy (non-hydrogen) atoms. The lowest BCUT2D eigenvalue weighted by Gasteiger charge is -2.19. The highest BCUT2D eigenvalue weighted by Crippen LogP contribution is 2.36. The third-order valence-electron chi connectivity index (χ3n) is 4.71. The van der Waals surface area contributed by atoms with Gasteiger partial charge in [0.25, 0.3) is 5.69 Å². The van der Waals surface area contributed by atoms with Crippen LogP contribution in [0.25, 0.3) is 0 Å². The first-order valence-electron chi connectivity index (χ1n) is 9.49. The van der Waals surface area contributed by atoms with Crippen LogP contribution in [0.2, 0.25) is 0 Å². The van der Waals surface area contributed by atoms with Crippen LogP contribution in [0.3, 0.4) is 0 Å². The zero-order valence-corrected chi connectivity index (χ0v) is 18.3. The third-order valence-corrected chi connectivity index (χ3v) is 5.78. The van der Waals surface area contributed by atoms with E-state index in [0.717, 1.165) is 29.5 Å². The van der Waals surface area contributed by atoms with Crippen LogP contribution >= 0.6 is 11.8 Å². The van der Waals surface area contributed by atoms with Gasteiger partial charge < -0.3 is 14.6 Å². The number of halogens is 3. The van der Waals surface area contributed by atoms with Crippen LogP contribution in [-0.4, -0.2) is 33.2 Å². The van der Waals surface area contributed by atoms with Gasteiger partial charge in [-0.05, 0) is 29.8 Å². The number of aryl methyl sites for hydroxylation is 1. The first-order valence-corrected chi connectivity index (χ1v) is 10.5. The average Bonchev–Trinajstić information content (AvgIpc) is 3.20. The second kappa shape index (κ2) is 9.94. The molecule has 0 saturated carbocycles. The molecule has 1 atom stereocenters. The molecule has 3 rings (SSSR count). The van der Waals surface area contributed by atoms with E-state index >= 15 is 0 Å². The van der Waals surface area contributed by atoms with Gasteiger partial charge in [0.15, 0.2) is 0 Å². The molecule has 0 fully saturated rings. The third kappa shape index (κ3) is 5.83. The second-order valence-electron chi connectivity index (χ2n) is 6.90. The molecule has 174 valence electrons. The van der Waals surface area contributed by atoms with Crippen LogP contribution in [0, 0.1) is 10.1 Å². The number of nitro benzene ring substituents is 1. The number of alkyl halides is 3. The number of ether oxygens (including phenoxy) is 1. The Labute approximate surface area is 190 Å². The number of nitrogens with zero attached hydrogens (tertiary/aromatic N) is 3. The summed E-state index contributed by atoms with van der Waals surface area (Å²) in [5.41, 5.74) is -1.11. The summed E-state index contributed by atoms with van der Waals surface area (Å²) in [5, 5.41) is 14.1. The Hall–Kier alpha value is -3.54. The van der Waals surface area contributed by atoms with E-state index in [1.165, 1.54) is 7.11 Å². The molecule has 1 unspecified atom stereocenters. The van der Waals surface area contributed by atoms with Crippen molar-refractivity contribution < 1.29 is 27.6 Å². The molecule has 2 aromatic carbocycles. The molecule has 0 bridgehead atoms. The summed E-state index contributed by atoms with van der Waals surface area (Å²) >= 11 is 0.779. The number of amides is 1. The summed E-state index contributed by atoms with van der Waals surface area (Å²) in [7, 11) is 3.30. The molecule has 1 aromatic heterocycles. The lowest BCUT2D eigenvalue weighted by Crippen LogP contribution is -2.32. The lowest BCUT2D eigenvalue weighted by atomic mass is 10.1. The highest BCUT2D eigenvalue weighted by molar-refractivity contribution is 8.00. The standard InChI is InChI=1S/C21H19F3N4O4S/c1-27-10-9-25-20(27)19(13-3-6-15(32-2)7-4-13)26-18(29)12-33-17-8-5-14(21(22,23)24)11-16(17)28(30)31/h3-11,19H,12H2,1-2H3,(H,26,29). The van der Waals surface area contributed by atoms with Crippen molar-refractivity contribution in [3.05, 3.63) is 81.9 Å². The molecule has 0 saturated heterocycles. The topological polar surface area (TPSA) is 99.3 Å². The second-order valence-corrected chi connectivity index (χ2v) is 7.91. The van der Waals surface area contributed by atoms with E-state index in [-0.39, 0.29) is 10.6 Å². The Morgan fingerprint density at radius 2 is 1.97 bits per heavy atom. The molecule has 1 N–H and O–H groups in total. The predicted molar refractivity (Wildman–Crippen MR) is 115 cm³/mol. The number of hydrogen-bond donors (Lipinski definition) is 1. The maximum absolute atomic E-state index is 12.9. The molecule has 3 aromatic rings. The molecular weight excluding hydrogens is 461 g/mol. The Morgan fingerprint density at radius 3 is 2.52 bits per heavy atom. The summed E-state index contributed by atoms with van der Waals surface area (Å²) in [4.78, 5) is 27.3. The van der Waals surface area contributed by atoms with Crippen molar-refractivity contribution in [1.82, 2.24) is 14.9 Å². The fourth-order valence-electron chi connectivity index (χ4n) is 3.05. The van der Waals surface area contributed by atoms with E-state index in [0.29, 0.717) is 17.6 Å². The number of carbonyl (C=O) groups excluding carboxylic acids is 1. The van der Waals surface area contributed by atoms with Crippen molar-refractivity contribution in [3.63, 3.8) is 0 Å². The minimum Gasteiger partial charge on any atom is -0.497 e. The van der Waals surface area contributed by atoms with Crippen LogP contribution in [-0.2, 0) is 18.0 Å². The van der Waals surface area contributed by atoms with E-state index in [9.17, 15) is 28.1 Å². The van der Waals surface area contributed by atoms with Gasteiger partial charge in [0.05, 0.1) is 28.2 Å². The van der Waals surface area contributed by atoms with Gasteiger partial charge in [0, 0.05) is 25.5 Å². The van der Waals surface area contributed by atoms with E-state index in [1.807, 2.05) is 0 Å². The molecule has 0 aliphatic carbocycles. The van der Waals surface area contributed by atoms with E-state index in [2.05, 4.69) is 10.3 Å². The first-order chi connectivity index (χ1) is 15.6. The lowest BCUT2D eigenvalue weighted by molar-refractivity contribution is -0.388. The summed E-state index contributed by atoms with van der Waals surface area (Å²) in [6.45, 7) is 0. The molecule has 8 nitrogen and oxygen atoms in total. The Bertz CT molecular complexity index is 1150. The van der Waals surface area contributed by atoms with Crippen molar-refractivity contribution in [2.75, 3.05) is 12.9 Å². The molecule has 0 radical (unpaired) electrons. The van der Waals surface area contributed by atoms with Crippen LogP contribution < -0.4 is 10.1 Å². The monoisotopic (exact) mass is 480 g/mol. The highest BCUT2D eigenvalue weighted by Gasteiger charge is 2.33. The van der Waals surface area contributed by atoms with E-state index in [4.69, 9.17) is 4.74 Å². The zero-order valence-electron chi connectivity index (χ0n) is 17.5. The van der Waals surface area contributed by atoms with Crippen molar-refractivity contribution in [3.8, 4) is 5.75 Å². The van der Waals surface area contributed by atoms with E-state index in [1.54, 1.807) is 48.3 Å². The molecule has 1 heterocycles. The van der Waals surface area contributed by atoms with Gasteiger partial charge in [-0.25, -0.2) is 4.98 Å². The number of methoxy groups -OCH3 is 1. The number of thioether (sulfide) groups is 1. The SMILES string of the molecule is COc1ccc(C(NC(=O)CSc2ccc(C(F)(F)F)cc2[N+](=O)[O-])c2nccn2C)cc1. The Balaban J connectivity index is 1.78. The van der Waals surface area contributed by atoms with Gasteiger partial charge in [-0.3, -0.25) is 14.9 Å². The molecular formula is C21H19F3N4O4S. The summed E-state index contributed by atoms with van der Waals surface area (Å²) < 4.78 is 45.6. The number of hydrogen-bond acceptors (Lipinski definition) is 6. The Kier molecular flexibility index (Phi) is 7.26. The highest BCUT2D eigenvalue weighted by atomic mass is 32.2. The zero-order chi connectivity index (χ0) is 24.2. The number of imidazole rings is 1. The number of rotatable bonds is 8. The fraction of sp³-hybridized carbons (Fsp3) is 0.238. The number of carbonyl (C=O) groups is 1. The minimum atomic E-state index is -4.71. The number of nitrogens with one attached hydrogen (secondary N) is 1. The molecule has 12 heteroatoms. The largest absolute Gasteiger partial charge is 0.497 e. The van der Waals surface area contributed by atoms with Gasteiger partial charge in [-0.15, -0.1) is 11.8 Å². The van der Waals surface area contributed by atoms with E-state index < -0.39 is 34.3 Å². The van der Waals surface area contributed by atoms with Crippen LogP contribution in [0.4, 0.5) is 18.9 Å². The molecule has 0 aliphatic heterocycles. The summed E-state index contributed by atoms with van der Waals surface area (Å²) in [6, 6.07) is 8.61. The van der Waals surface area contributed by atoms with Crippen molar-refractivity contribution in [1.29, 1.82) is 0 Å². The molecule has 0 aliphatic rings. The maximum atomic E-state index is 12.9. The minimum absolute atomic E-state index is 0.0406. The first kappa shape index (κ1) is 24.1. The number of nitro groups is 1. The summed E-state index contributed by atoms with van der Waals surface area (Å²) in [6.07, 6.45) is -1.41. The van der Waals surface area contributed by atoms with Crippen molar-refractivity contribution in [2.24, 2.45) is 7.05 Å². The van der Waals surface area contributed by atoms with Gasteiger partial charge in [0.1, 0.15) is 17.6 Å². The Morgan fingerprint density at radius 1 is 1.27 bits per heavy atom. The average molecular weight is 480 g/mol.